The summed E-state index contributed by atoms with van der Waals surface area (Å²) in [5.41, 5.74) is 4.48. The molecule has 5 rings (SSSR count). The zero-order chi connectivity index (χ0) is 19.8. The fourth-order valence-corrected chi connectivity index (χ4v) is 4.77. The number of fused-ring (bicyclic) bond motifs is 4. The van der Waals surface area contributed by atoms with Crippen LogP contribution < -0.4 is 9.47 Å². The van der Waals surface area contributed by atoms with Gasteiger partial charge in [0.2, 0.25) is 5.13 Å². The molecule has 29 heavy (non-hydrogen) atoms. The highest BCUT2D eigenvalue weighted by atomic mass is 32.1. The standard InChI is InChI=1S/C24H20N2O2S/c1-27-17-10-7-16-9-12-22-23(19(16)13-17)26-24(29-22)25-14-20-18-6-4-3-5-15(18)8-11-21(20)28-2/h3-8,10-11,13-14H,9,12H2,1-2H3. The number of rotatable bonds is 4. The van der Waals surface area contributed by atoms with Crippen LogP contribution in [0.5, 0.6) is 11.5 Å². The molecule has 1 aromatic heterocycles. The van der Waals surface area contributed by atoms with E-state index in [4.69, 9.17) is 19.5 Å². The van der Waals surface area contributed by atoms with Gasteiger partial charge in [-0.2, -0.15) is 0 Å². The number of aromatic nitrogens is 1. The normalized spacial score (nSPS) is 12.8. The Morgan fingerprint density at radius 1 is 1.00 bits per heavy atom. The number of ether oxygens (including phenoxy) is 2. The Bertz CT molecular complexity index is 1240. The third kappa shape index (κ3) is 3.17. The van der Waals surface area contributed by atoms with E-state index in [0.717, 1.165) is 57.1 Å². The highest BCUT2D eigenvalue weighted by Crippen LogP contribution is 2.40. The van der Waals surface area contributed by atoms with Gasteiger partial charge >= 0.3 is 0 Å². The Kier molecular flexibility index (Phi) is 4.52. The smallest absolute Gasteiger partial charge is 0.209 e. The van der Waals surface area contributed by atoms with Gasteiger partial charge in [-0.25, -0.2) is 9.98 Å². The van der Waals surface area contributed by atoms with Gasteiger partial charge in [-0.1, -0.05) is 47.7 Å². The summed E-state index contributed by atoms with van der Waals surface area (Å²) in [4.78, 5) is 10.8. The Hall–Kier alpha value is -3.18. The van der Waals surface area contributed by atoms with E-state index in [0.29, 0.717) is 0 Å². The maximum atomic E-state index is 5.57. The second-order valence-electron chi connectivity index (χ2n) is 6.95. The maximum Gasteiger partial charge on any atom is 0.209 e. The first-order valence-electron chi connectivity index (χ1n) is 9.53. The van der Waals surface area contributed by atoms with Gasteiger partial charge in [0.05, 0.1) is 19.9 Å². The van der Waals surface area contributed by atoms with Crippen LogP contribution in [-0.4, -0.2) is 25.4 Å². The molecule has 0 bridgehead atoms. The van der Waals surface area contributed by atoms with Gasteiger partial charge in [-0.3, -0.25) is 0 Å². The Balaban J connectivity index is 1.56. The number of thiazole rings is 1. The summed E-state index contributed by atoms with van der Waals surface area (Å²) >= 11 is 1.66. The largest absolute Gasteiger partial charge is 0.497 e. The lowest BCUT2D eigenvalue weighted by Crippen LogP contribution is -2.02. The van der Waals surface area contributed by atoms with E-state index < -0.39 is 0 Å². The molecular weight excluding hydrogens is 380 g/mol. The number of benzene rings is 3. The minimum Gasteiger partial charge on any atom is -0.497 e. The molecule has 3 aromatic carbocycles. The van der Waals surface area contributed by atoms with Gasteiger partial charge in [0.25, 0.3) is 0 Å². The second kappa shape index (κ2) is 7.33. The molecule has 0 unspecified atom stereocenters. The quantitative estimate of drug-likeness (QED) is 0.405. The average Bonchev–Trinajstić information content (AvgIpc) is 3.20. The van der Waals surface area contributed by atoms with Crippen molar-refractivity contribution in [2.24, 2.45) is 4.99 Å². The molecule has 5 heteroatoms. The summed E-state index contributed by atoms with van der Waals surface area (Å²) in [5, 5.41) is 3.04. The van der Waals surface area contributed by atoms with Crippen LogP contribution in [0.1, 0.15) is 16.0 Å². The number of aryl methyl sites for hydroxylation is 2. The second-order valence-corrected chi connectivity index (χ2v) is 8.01. The van der Waals surface area contributed by atoms with Crippen molar-refractivity contribution in [2.45, 2.75) is 12.8 Å². The third-order valence-corrected chi connectivity index (χ3v) is 6.36. The van der Waals surface area contributed by atoms with Gasteiger partial charge in [0.1, 0.15) is 11.5 Å². The molecule has 0 N–H and O–H groups in total. The minimum absolute atomic E-state index is 0.764. The highest BCUT2D eigenvalue weighted by Gasteiger charge is 2.21. The zero-order valence-electron chi connectivity index (χ0n) is 16.3. The molecule has 0 spiro atoms. The van der Waals surface area contributed by atoms with Gasteiger partial charge in [-0.05, 0) is 47.4 Å². The summed E-state index contributed by atoms with van der Waals surface area (Å²) in [6, 6.07) is 18.5. The molecule has 0 fully saturated rings. The summed E-state index contributed by atoms with van der Waals surface area (Å²) in [6.07, 6.45) is 3.90. The average molecular weight is 401 g/mol. The number of hydrogen-bond donors (Lipinski definition) is 0. The maximum absolute atomic E-state index is 5.57. The Morgan fingerprint density at radius 3 is 2.76 bits per heavy atom. The lowest BCUT2D eigenvalue weighted by atomic mass is 9.93. The molecule has 0 saturated carbocycles. The van der Waals surface area contributed by atoms with Crippen LogP contribution in [0.2, 0.25) is 0 Å². The first-order valence-corrected chi connectivity index (χ1v) is 10.4. The fraction of sp³-hybridized carbons (Fsp3) is 0.167. The zero-order valence-corrected chi connectivity index (χ0v) is 17.1. The first kappa shape index (κ1) is 17.9. The predicted molar refractivity (Wildman–Crippen MR) is 119 cm³/mol. The first-order chi connectivity index (χ1) is 14.3. The Labute approximate surface area is 173 Å². The van der Waals surface area contributed by atoms with E-state index in [2.05, 4.69) is 30.3 Å². The van der Waals surface area contributed by atoms with Gasteiger partial charge < -0.3 is 9.47 Å². The van der Waals surface area contributed by atoms with Gasteiger partial charge in [0.15, 0.2) is 0 Å². The van der Waals surface area contributed by atoms with Gasteiger partial charge in [-0.15, -0.1) is 0 Å². The molecule has 4 nitrogen and oxygen atoms in total. The molecule has 0 atom stereocenters. The van der Waals surface area contributed by atoms with Crippen LogP contribution in [0.25, 0.3) is 22.0 Å². The van der Waals surface area contributed by atoms with E-state index in [1.54, 1.807) is 25.6 Å². The number of aliphatic imine (C=N–C) groups is 1. The van der Waals surface area contributed by atoms with Crippen LogP contribution in [0, 0.1) is 0 Å². The fourth-order valence-electron chi connectivity index (χ4n) is 3.85. The van der Waals surface area contributed by atoms with E-state index in [1.807, 2.05) is 30.5 Å². The van der Waals surface area contributed by atoms with Crippen molar-refractivity contribution in [1.29, 1.82) is 0 Å². The van der Waals surface area contributed by atoms with Gasteiger partial charge in [0, 0.05) is 22.2 Å². The van der Waals surface area contributed by atoms with E-state index in [-0.39, 0.29) is 0 Å². The summed E-state index contributed by atoms with van der Waals surface area (Å²) in [5.74, 6) is 1.67. The topological polar surface area (TPSA) is 43.7 Å². The van der Waals surface area contributed by atoms with Crippen LogP contribution in [-0.2, 0) is 12.8 Å². The molecule has 4 aromatic rings. The third-order valence-electron chi connectivity index (χ3n) is 5.33. The van der Waals surface area contributed by atoms with Crippen molar-refractivity contribution in [3.8, 4) is 22.8 Å². The molecule has 1 heterocycles. The van der Waals surface area contributed by atoms with Crippen molar-refractivity contribution in [2.75, 3.05) is 14.2 Å². The molecule has 0 radical (unpaired) electrons. The lowest BCUT2D eigenvalue weighted by molar-refractivity contribution is 0.414. The monoisotopic (exact) mass is 400 g/mol. The molecule has 0 amide bonds. The summed E-state index contributed by atoms with van der Waals surface area (Å²) < 4.78 is 11.0. The van der Waals surface area contributed by atoms with Crippen LogP contribution in [0.4, 0.5) is 5.13 Å². The van der Waals surface area contributed by atoms with Crippen molar-refractivity contribution in [3.05, 3.63) is 70.6 Å². The number of methoxy groups -OCH3 is 2. The van der Waals surface area contributed by atoms with E-state index >= 15 is 0 Å². The van der Waals surface area contributed by atoms with Crippen molar-refractivity contribution in [1.82, 2.24) is 4.98 Å². The summed E-state index contributed by atoms with van der Waals surface area (Å²) in [6.45, 7) is 0. The lowest BCUT2D eigenvalue weighted by Gasteiger charge is -2.15. The molecule has 1 aliphatic rings. The molecule has 0 aliphatic heterocycles. The minimum atomic E-state index is 0.764. The molecule has 0 saturated heterocycles. The van der Waals surface area contributed by atoms with Crippen LogP contribution >= 0.6 is 11.3 Å². The molecule has 1 aliphatic carbocycles. The van der Waals surface area contributed by atoms with Crippen molar-refractivity contribution in [3.63, 3.8) is 0 Å². The number of nitrogens with zero attached hydrogens (tertiary/aromatic N) is 2. The van der Waals surface area contributed by atoms with E-state index in [9.17, 15) is 0 Å². The molecule has 144 valence electrons. The van der Waals surface area contributed by atoms with Crippen molar-refractivity contribution >= 4 is 33.5 Å². The van der Waals surface area contributed by atoms with Crippen LogP contribution in [0.15, 0.2) is 59.6 Å². The van der Waals surface area contributed by atoms with Crippen molar-refractivity contribution < 1.29 is 9.47 Å². The van der Waals surface area contributed by atoms with Crippen LogP contribution in [0.3, 0.4) is 0 Å². The predicted octanol–water partition coefficient (Wildman–Crippen LogP) is 5.83. The Morgan fingerprint density at radius 2 is 1.90 bits per heavy atom. The van der Waals surface area contributed by atoms with E-state index in [1.165, 1.54) is 10.4 Å². The summed E-state index contributed by atoms with van der Waals surface area (Å²) in [7, 11) is 3.38. The highest BCUT2D eigenvalue weighted by molar-refractivity contribution is 7.15. The molecular formula is C24H20N2O2S. The number of hydrogen-bond acceptors (Lipinski definition) is 5. The SMILES string of the molecule is COc1ccc2c(c1)-c1nc(N=Cc3c(OC)ccc4ccccc34)sc1CC2.